The lowest BCUT2D eigenvalue weighted by atomic mass is 9.85. The van der Waals surface area contributed by atoms with Crippen molar-refractivity contribution in [2.45, 2.75) is 62.5 Å². The van der Waals surface area contributed by atoms with E-state index in [1.807, 2.05) is 18.2 Å². The number of esters is 1. The fourth-order valence-corrected chi connectivity index (χ4v) is 7.66. The fourth-order valence-electron chi connectivity index (χ4n) is 5.65. The number of aliphatic hydroxyl groups is 4. The first-order valence-electron chi connectivity index (χ1n) is 13.7. The SMILES string of the molecule is CC(=O)N(CCO)C(CO)(CO)COC(=O)c1ccc(CCC[C@@H]2[C@@H](CCc3cc(Cl)cc(Cl)c3)[C@H](O)C[C@H]2Cl)s1. The Morgan fingerprint density at radius 3 is 2.34 bits per heavy atom. The Labute approximate surface area is 259 Å². The van der Waals surface area contributed by atoms with Gasteiger partial charge in [0.2, 0.25) is 5.91 Å². The standard InChI is InChI=1S/C29H38Cl3NO7S/c1-18(37)33(9-10-34)29(15-35,16-36)17-40-28(39)27-8-6-22(41-27)3-2-4-23-24(26(38)14-25(23)32)7-5-19-11-20(30)13-21(31)12-19/h6,8,11-13,23-26,34-36,38H,2-5,7,9-10,14-17H2,1H3/t23-,24-,25-,26-/m1/s1. The van der Waals surface area contributed by atoms with Crippen molar-refractivity contribution in [1.82, 2.24) is 4.90 Å². The average Bonchev–Trinajstić information content (AvgIpc) is 3.50. The zero-order valence-electron chi connectivity index (χ0n) is 23.0. The van der Waals surface area contributed by atoms with Crippen LogP contribution in [0, 0.1) is 11.8 Å². The molecule has 1 amide bonds. The third-order valence-corrected chi connectivity index (χ3v) is 9.89. The van der Waals surface area contributed by atoms with Crippen molar-refractivity contribution in [3.63, 3.8) is 0 Å². The summed E-state index contributed by atoms with van der Waals surface area (Å²) < 4.78 is 5.38. The van der Waals surface area contributed by atoms with Gasteiger partial charge in [0.1, 0.15) is 17.0 Å². The van der Waals surface area contributed by atoms with E-state index < -0.39 is 43.3 Å². The van der Waals surface area contributed by atoms with E-state index in [4.69, 9.17) is 39.5 Å². The number of aryl methyl sites for hydroxylation is 2. The summed E-state index contributed by atoms with van der Waals surface area (Å²) in [7, 11) is 0. The Hall–Kier alpha value is -1.43. The van der Waals surface area contributed by atoms with E-state index in [-0.39, 0.29) is 30.4 Å². The molecule has 0 spiro atoms. The molecule has 1 aliphatic rings. The number of carbonyl (C=O) groups is 2. The van der Waals surface area contributed by atoms with Crippen molar-refractivity contribution in [1.29, 1.82) is 0 Å². The Kier molecular flexibility index (Phi) is 13.2. The number of carbonyl (C=O) groups excluding carboxylic acids is 2. The number of hydrogen-bond acceptors (Lipinski definition) is 8. The zero-order chi connectivity index (χ0) is 30.2. The predicted octanol–water partition coefficient (Wildman–Crippen LogP) is 4.34. The highest BCUT2D eigenvalue weighted by atomic mass is 35.5. The van der Waals surface area contributed by atoms with Crippen molar-refractivity contribution < 1.29 is 34.8 Å². The Balaban J connectivity index is 1.54. The Bertz CT molecular complexity index is 1140. The molecule has 1 aromatic carbocycles. The summed E-state index contributed by atoms with van der Waals surface area (Å²) in [5.41, 5.74) is -0.508. The molecule has 4 N–H and O–H groups in total. The lowest BCUT2D eigenvalue weighted by Gasteiger charge is -2.40. The normalized spacial score (nSPS) is 20.8. The number of rotatable bonds is 15. The molecule has 228 valence electrons. The third kappa shape index (κ3) is 9.03. The fraction of sp³-hybridized carbons (Fsp3) is 0.586. The molecule has 41 heavy (non-hydrogen) atoms. The number of ether oxygens (including phenoxy) is 1. The minimum atomic E-state index is -1.54. The van der Waals surface area contributed by atoms with Gasteiger partial charge in [-0.05, 0) is 86.3 Å². The minimum Gasteiger partial charge on any atom is -0.459 e. The van der Waals surface area contributed by atoms with Gasteiger partial charge >= 0.3 is 5.97 Å². The molecular weight excluding hydrogens is 613 g/mol. The smallest absolute Gasteiger partial charge is 0.348 e. The van der Waals surface area contributed by atoms with E-state index in [1.165, 1.54) is 18.3 Å². The monoisotopic (exact) mass is 649 g/mol. The number of thiophene rings is 1. The number of alkyl halides is 1. The van der Waals surface area contributed by atoms with Crippen LogP contribution >= 0.6 is 46.1 Å². The predicted molar refractivity (Wildman–Crippen MR) is 161 cm³/mol. The van der Waals surface area contributed by atoms with Gasteiger partial charge in [0.25, 0.3) is 0 Å². The van der Waals surface area contributed by atoms with Gasteiger partial charge in [0.15, 0.2) is 0 Å². The number of β-amino-alcohol motifs (C(OH)–C–C–N with tert-alkyl or cyclic N) is 1. The van der Waals surface area contributed by atoms with Gasteiger partial charge in [-0.2, -0.15) is 0 Å². The Morgan fingerprint density at radius 1 is 1.05 bits per heavy atom. The highest BCUT2D eigenvalue weighted by Gasteiger charge is 2.41. The number of hydrogen-bond donors (Lipinski definition) is 4. The van der Waals surface area contributed by atoms with Gasteiger partial charge in [-0.15, -0.1) is 22.9 Å². The summed E-state index contributed by atoms with van der Waals surface area (Å²) in [6.07, 6.45) is 4.04. The maximum atomic E-state index is 12.7. The highest BCUT2D eigenvalue weighted by molar-refractivity contribution is 7.13. The third-order valence-electron chi connectivity index (χ3n) is 7.82. The topological polar surface area (TPSA) is 128 Å². The van der Waals surface area contributed by atoms with E-state index in [9.17, 15) is 30.0 Å². The molecule has 1 aliphatic carbocycles. The molecule has 12 heteroatoms. The molecule has 0 radical (unpaired) electrons. The van der Waals surface area contributed by atoms with Crippen molar-refractivity contribution >= 4 is 58.0 Å². The minimum absolute atomic E-state index is 0.0721. The van der Waals surface area contributed by atoms with Crippen LogP contribution in [0.4, 0.5) is 0 Å². The van der Waals surface area contributed by atoms with Crippen LogP contribution < -0.4 is 0 Å². The van der Waals surface area contributed by atoms with Gasteiger partial charge < -0.3 is 30.1 Å². The van der Waals surface area contributed by atoms with Gasteiger partial charge in [-0.1, -0.05) is 23.2 Å². The van der Waals surface area contributed by atoms with E-state index >= 15 is 0 Å². The molecule has 0 aliphatic heterocycles. The molecule has 0 bridgehead atoms. The van der Waals surface area contributed by atoms with Crippen LogP contribution in [0.15, 0.2) is 30.3 Å². The lowest BCUT2D eigenvalue weighted by Crippen LogP contribution is -2.60. The molecule has 1 heterocycles. The summed E-state index contributed by atoms with van der Waals surface area (Å²) in [5.74, 6) is -0.857. The number of nitrogens with zero attached hydrogens (tertiary/aromatic N) is 1. The maximum Gasteiger partial charge on any atom is 0.348 e. The number of benzene rings is 1. The van der Waals surface area contributed by atoms with Crippen LogP contribution in [0.2, 0.25) is 10.0 Å². The molecule has 1 aromatic heterocycles. The largest absolute Gasteiger partial charge is 0.459 e. The van der Waals surface area contributed by atoms with Crippen LogP contribution in [-0.2, 0) is 22.4 Å². The molecule has 0 unspecified atom stereocenters. The molecule has 3 rings (SSSR count). The van der Waals surface area contributed by atoms with Gasteiger partial charge in [0, 0.05) is 33.8 Å². The number of aliphatic hydroxyl groups excluding tert-OH is 4. The second kappa shape index (κ2) is 15.9. The Morgan fingerprint density at radius 2 is 1.73 bits per heavy atom. The molecule has 0 saturated heterocycles. The summed E-state index contributed by atoms with van der Waals surface area (Å²) in [4.78, 5) is 27.2. The molecule has 2 aromatic rings. The van der Waals surface area contributed by atoms with Crippen molar-refractivity contribution in [2.75, 3.05) is 33.0 Å². The number of amides is 1. The first kappa shape index (κ1) is 34.1. The van der Waals surface area contributed by atoms with Crippen LogP contribution in [0.5, 0.6) is 0 Å². The molecule has 8 nitrogen and oxygen atoms in total. The molecule has 1 fully saturated rings. The quantitative estimate of drug-likeness (QED) is 0.167. The summed E-state index contributed by atoms with van der Waals surface area (Å²) >= 11 is 20.2. The van der Waals surface area contributed by atoms with Crippen LogP contribution in [0.1, 0.15) is 52.7 Å². The molecule has 1 saturated carbocycles. The number of halogens is 3. The van der Waals surface area contributed by atoms with Gasteiger partial charge in [-0.25, -0.2) is 4.79 Å². The zero-order valence-corrected chi connectivity index (χ0v) is 26.1. The summed E-state index contributed by atoms with van der Waals surface area (Å²) in [5, 5.41) is 40.8. The van der Waals surface area contributed by atoms with Crippen LogP contribution in [0.25, 0.3) is 0 Å². The van der Waals surface area contributed by atoms with Crippen molar-refractivity contribution in [3.05, 3.63) is 55.7 Å². The summed E-state index contributed by atoms with van der Waals surface area (Å²) in [6.45, 7) is -0.941. The molecule has 4 atom stereocenters. The second-order valence-electron chi connectivity index (χ2n) is 10.6. The highest BCUT2D eigenvalue weighted by Crippen LogP contribution is 2.42. The van der Waals surface area contributed by atoms with Crippen LogP contribution in [0.3, 0.4) is 0 Å². The second-order valence-corrected chi connectivity index (χ2v) is 13.2. The first-order chi connectivity index (χ1) is 19.5. The van der Waals surface area contributed by atoms with E-state index in [0.717, 1.165) is 47.4 Å². The van der Waals surface area contributed by atoms with Crippen molar-refractivity contribution in [2.24, 2.45) is 11.8 Å². The lowest BCUT2D eigenvalue weighted by molar-refractivity contribution is -0.144. The summed E-state index contributed by atoms with van der Waals surface area (Å²) in [6, 6.07) is 9.01. The van der Waals surface area contributed by atoms with Gasteiger partial charge in [0.05, 0.1) is 25.9 Å². The van der Waals surface area contributed by atoms with Gasteiger partial charge in [-0.3, -0.25) is 4.79 Å². The van der Waals surface area contributed by atoms with E-state index in [0.29, 0.717) is 21.3 Å². The van der Waals surface area contributed by atoms with Crippen molar-refractivity contribution in [3.8, 4) is 0 Å². The maximum absolute atomic E-state index is 12.7. The molecular formula is C29H38Cl3NO7S. The van der Waals surface area contributed by atoms with E-state index in [2.05, 4.69) is 0 Å². The van der Waals surface area contributed by atoms with Crippen LogP contribution in [-0.4, -0.2) is 87.2 Å². The van der Waals surface area contributed by atoms with E-state index in [1.54, 1.807) is 12.1 Å². The first-order valence-corrected chi connectivity index (χ1v) is 15.7. The average molecular weight is 651 g/mol.